The summed E-state index contributed by atoms with van der Waals surface area (Å²) in [6.07, 6.45) is -6.24. The number of aliphatic hydroxyl groups excluding tert-OH is 4. The van der Waals surface area contributed by atoms with Crippen LogP contribution in [0.15, 0.2) is 0 Å². The van der Waals surface area contributed by atoms with Crippen molar-refractivity contribution in [2.24, 2.45) is 5.92 Å². The predicted octanol–water partition coefficient (Wildman–Crippen LogP) is -2.74. The second-order valence-corrected chi connectivity index (χ2v) is 4.54. The normalized spacial score (nSPS) is 40.2. The SMILES string of the molecule is C[C@H]1[C@H]([C@H](O)[C@H](O)CO)O[C@@](O)(C(=O)O)C[C@@H]1O. The highest BCUT2D eigenvalue weighted by molar-refractivity contribution is 5.75. The Labute approximate surface area is 103 Å². The van der Waals surface area contributed by atoms with Crippen molar-refractivity contribution in [3.8, 4) is 0 Å². The Morgan fingerprint density at radius 1 is 1.50 bits per heavy atom. The first-order chi connectivity index (χ1) is 8.23. The molecule has 18 heavy (non-hydrogen) atoms. The molecule has 1 saturated heterocycles. The van der Waals surface area contributed by atoms with Gasteiger partial charge in [0.2, 0.25) is 0 Å². The summed E-state index contributed by atoms with van der Waals surface area (Å²) in [7, 11) is 0. The van der Waals surface area contributed by atoms with Gasteiger partial charge in [0.05, 0.1) is 18.8 Å². The van der Waals surface area contributed by atoms with Gasteiger partial charge >= 0.3 is 5.97 Å². The van der Waals surface area contributed by atoms with E-state index in [1.54, 1.807) is 0 Å². The highest BCUT2D eigenvalue weighted by Gasteiger charge is 2.51. The zero-order chi connectivity index (χ0) is 14.1. The number of rotatable bonds is 4. The van der Waals surface area contributed by atoms with E-state index >= 15 is 0 Å². The number of carboxylic acid groups (broad SMARTS) is 1. The van der Waals surface area contributed by atoms with Gasteiger partial charge in [-0.15, -0.1) is 0 Å². The highest BCUT2D eigenvalue weighted by atomic mass is 16.7. The first kappa shape index (κ1) is 15.3. The number of ether oxygens (including phenoxy) is 1. The van der Waals surface area contributed by atoms with Crippen LogP contribution in [0.2, 0.25) is 0 Å². The van der Waals surface area contributed by atoms with Crippen LogP contribution in [0.1, 0.15) is 13.3 Å². The van der Waals surface area contributed by atoms with Crippen LogP contribution in [0.25, 0.3) is 0 Å². The van der Waals surface area contributed by atoms with Crippen LogP contribution in [-0.2, 0) is 9.53 Å². The second-order valence-electron chi connectivity index (χ2n) is 4.54. The number of carbonyl (C=O) groups is 1. The number of aliphatic hydroxyl groups is 5. The molecule has 0 saturated carbocycles. The van der Waals surface area contributed by atoms with Gasteiger partial charge in [-0.3, -0.25) is 0 Å². The summed E-state index contributed by atoms with van der Waals surface area (Å²) >= 11 is 0. The third kappa shape index (κ3) is 2.79. The van der Waals surface area contributed by atoms with Crippen LogP contribution in [0.5, 0.6) is 0 Å². The lowest BCUT2D eigenvalue weighted by molar-refractivity contribution is -0.302. The van der Waals surface area contributed by atoms with Gasteiger partial charge in [0.15, 0.2) is 0 Å². The van der Waals surface area contributed by atoms with Gasteiger partial charge in [-0.05, 0) is 0 Å². The molecule has 0 radical (unpaired) electrons. The quantitative estimate of drug-likeness (QED) is 0.321. The summed E-state index contributed by atoms with van der Waals surface area (Å²) in [4.78, 5) is 10.9. The van der Waals surface area contributed by atoms with E-state index in [0.717, 1.165) is 0 Å². The predicted molar refractivity (Wildman–Crippen MR) is 56.3 cm³/mol. The Morgan fingerprint density at radius 3 is 2.50 bits per heavy atom. The Balaban J connectivity index is 2.92. The first-order valence-corrected chi connectivity index (χ1v) is 5.51. The summed E-state index contributed by atoms with van der Waals surface area (Å²) in [5.41, 5.74) is 0. The van der Waals surface area contributed by atoms with Crippen molar-refractivity contribution in [3.05, 3.63) is 0 Å². The minimum Gasteiger partial charge on any atom is -0.477 e. The molecule has 1 heterocycles. The number of hydrogen-bond acceptors (Lipinski definition) is 7. The van der Waals surface area contributed by atoms with Crippen LogP contribution in [0.3, 0.4) is 0 Å². The summed E-state index contributed by atoms with van der Waals surface area (Å²) < 4.78 is 4.88. The fraction of sp³-hybridized carbons (Fsp3) is 0.900. The fourth-order valence-electron chi connectivity index (χ4n) is 1.91. The fourth-order valence-corrected chi connectivity index (χ4v) is 1.91. The van der Waals surface area contributed by atoms with Gasteiger partial charge in [-0.1, -0.05) is 6.92 Å². The molecule has 6 atom stereocenters. The summed E-state index contributed by atoms with van der Waals surface area (Å²) in [5.74, 6) is -5.02. The van der Waals surface area contributed by atoms with Crippen molar-refractivity contribution in [3.63, 3.8) is 0 Å². The van der Waals surface area contributed by atoms with Gasteiger partial charge in [0, 0.05) is 12.3 Å². The van der Waals surface area contributed by atoms with E-state index < -0.39 is 55.1 Å². The molecule has 6 N–H and O–H groups in total. The van der Waals surface area contributed by atoms with Crippen molar-refractivity contribution in [1.82, 2.24) is 0 Å². The summed E-state index contributed by atoms with van der Waals surface area (Å²) in [6, 6.07) is 0. The molecule has 1 fully saturated rings. The maximum Gasteiger partial charge on any atom is 0.364 e. The third-order valence-electron chi connectivity index (χ3n) is 3.19. The molecule has 0 aromatic rings. The molecule has 0 aromatic carbocycles. The molecule has 1 rings (SSSR count). The molecule has 8 heteroatoms. The number of hydrogen-bond donors (Lipinski definition) is 6. The topological polar surface area (TPSA) is 148 Å². The molecule has 1 aliphatic rings. The van der Waals surface area contributed by atoms with Crippen molar-refractivity contribution >= 4 is 5.97 Å². The van der Waals surface area contributed by atoms with Crippen molar-refractivity contribution in [1.29, 1.82) is 0 Å². The molecular weight excluding hydrogens is 248 g/mol. The molecular formula is C10H18O8. The Morgan fingerprint density at radius 2 is 2.06 bits per heavy atom. The minimum absolute atomic E-state index is 0.540. The Kier molecular flexibility index (Phi) is 4.65. The van der Waals surface area contributed by atoms with Crippen LogP contribution >= 0.6 is 0 Å². The van der Waals surface area contributed by atoms with Gasteiger partial charge in [0.25, 0.3) is 5.79 Å². The molecule has 0 bridgehead atoms. The lowest BCUT2D eigenvalue weighted by Crippen LogP contribution is -2.60. The monoisotopic (exact) mass is 266 g/mol. The van der Waals surface area contributed by atoms with E-state index in [2.05, 4.69) is 0 Å². The average Bonchev–Trinajstić information content (AvgIpc) is 2.31. The van der Waals surface area contributed by atoms with Crippen molar-refractivity contribution in [2.45, 2.75) is 43.5 Å². The lowest BCUT2D eigenvalue weighted by atomic mass is 9.85. The Hall–Kier alpha value is -0.770. The van der Waals surface area contributed by atoms with Crippen LogP contribution in [0, 0.1) is 5.92 Å². The maximum atomic E-state index is 10.9. The smallest absolute Gasteiger partial charge is 0.364 e. The molecule has 106 valence electrons. The summed E-state index contributed by atoms with van der Waals surface area (Å²) in [5, 5.41) is 55.9. The van der Waals surface area contributed by atoms with Crippen molar-refractivity contribution in [2.75, 3.05) is 6.61 Å². The summed E-state index contributed by atoms with van der Waals surface area (Å²) in [6.45, 7) is 0.722. The molecule has 0 spiro atoms. The lowest BCUT2D eigenvalue weighted by Gasteiger charge is -2.43. The average molecular weight is 266 g/mol. The van der Waals surface area contributed by atoms with Gasteiger partial charge in [0.1, 0.15) is 12.2 Å². The van der Waals surface area contributed by atoms with E-state index in [-0.39, 0.29) is 0 Å². The van der Waals surface area contributed by atoms with Crippen LogP contribution in [-0.4, -0.2) is 73.4 Å². The van der Waals surface area contributed by atoms with Gasteiger partial charge < -0.3 is 35.4 Å². The van der Waals surface area contributed by atoms with E-state index in [9.17, 15) is 25.2 Å². The van der Waals surface area contributed by atoms with E-state index in [4.69, 9.17) is 14.9 Å². The van der Waals surface area contributed by atoms with Crippen LogP contribution < -0.4 is 0 Å². The van der Waals surface area contributed by atoms with Gasteiger partial charge in [-0.2, -0.15) is 0 Å². The zero-order valence-electron chi connectivity index (χ0n) is 9.80. The molecule has 0 amide bonds. The van der Waals surface area contributed by atoms with E-state index in [0.29, 0.717) is 0 Å². The molecule has 1 aliphatic heterocycles. The first-order valence-electron chi connectivity index (χ1n) is 5.51. The van der Waals surface area contributed by atoms with E-state index in [1.165, 1.54) is 6.92 Å². The standard InChI is InChI=1S/C10H18O8/c1-4-5(12)2-10(17,9(15)16)18-8(4)7(14)6(13)3-11/h4-8,11-14,17H,2-3H2,1H3,(H,15,16)/t4-,5+,6-,7-,8-,10-/m1/s1. The Bertz CT molecular complexity index is 308. The molecule has 8 nitrogen and oxygen atoms in total. The molecule has 0 aromatic heterocycles. The minimum atomic E-state index is -2.62. The molecule has 0 aliphatic carbocycles. The highest BCUT2D eigenvalue weighted by Crippen LogP contribution is 2.33. The van der Waals surface area contributed by atoms with Gasteiger partial charge in [-0.25, -0.2) is 4.79 Å². The molecule has 0 unspecified atom stereocenters. The largest absolute Gasteiger partial charge is 0.477 e. The van der Waals surface area contributed by atoms with Crippen molar-refractivity contribution < 1.29 is 40.2 Å². The third-order valence-corrected chi connectivity index (χ3v) is 3.19. The number of aliphatic carboxylic acids is 1. The van der Waals surface area contributed by atoms with E-state index in [1.807, 2.05) is 0 Å². The maximum absolute atomic E-state index is 10.9. The number of carboxylic acids is 1. The second kappa shape index (κ2) is 5.47. The zero-order valence-corrected chi connectivity index (χ0v) is 9.80. The van der Waals surface area contributed by atoms with Crippen LogP contribution in [0.4, 0.5) is 0 Å².